The molecular formula is C20H26N6O2. The third kappa shape index (κ3) is 4.39. The molecule has 8 heteroatoms. The summed E-state index contributed by atoms with van der Waals surface area (Å²) in [6.45, 7) is 8.46. The minimum atomic E-state index is -0.519. The zero-order valence-electron chi connectivity index (χ0n) is 16.7. The Morgan fingerprint density at radius 2 is 1.96 bits per heavy atom. The Hall–Kier alpha value is -3.16. The molecule has 1 aliphatic rings. The van der Waals surface area contributed by atoms with Gasteiger partial charge in [0, 0.05) is 30.4 Å². The summed E-state index contributed by atoms with van der Waals surface area (Å²) in [5, 5.41) is 0. The van der Waals surface area contributed by atoms with Crippen LogP contribution in [0.15, 0.2) is 24.4 Å². The second kappa shape index (κ2) is 7.46. The second-order valence-corrected chi connectivity index (χ2v) is 7.77. The maximum Gasteiger partial charge on any atom is 0.410 e. The number of pyridine rings is 1. The van der Waals surface area contributed by atoms with Gasteiger partial charge in [0.15, 0.2) is 0 Å². The van der Waals surface area contributed by atoms with Crippen LogP contribution in [0.2, 0.25) is 0 Å². The molecule has 2 aromatic rings. The number of hydrogen-bond acceptors (Lipinski definition) is 7. The Morgan fingerprint density at radius 3 is 2.54 bits per heavy atom. The number of ether oxygens (including phenoxy) is 1. The second-order valence-electron chi connectivity index (χ2n) is 7.77. The van der Waals surface area contributed by atoms with Crippen LogP contribution < -0.4 is 11.5 Å². The molecule has 1 aliphatic heterocycles. The zero-order valence-corrected chi connectivity index (χ0v) is 16.7. The molecule has 148 valence electrons. The molecule has 3 rings (SSSR count). The van der Waals surface area contributed by atoms with E-state index in [1.54, 1.807) is 17.2 Å². The molecule has 8 nitrogen and oxygen atoms in total. The number of nitrogens with zero attached hydrogens (tertiary/aromatic N) is 4. The summed E-state index contributed by atoms with van der Waals surface area (Å²) >= 11 is 0. The SMILES string of the molecule is Cc1nc(N)nc(C2=CCN(C(=O)OC(C)(C)C)CC2)c1-c1ccc(N)nc1. The van der Waals surface area contributed by atoms with Crippen LogP contribution in [0.4, 0.5) is 16.6 Å². The van der Waals surface area contributed by atoms with Gasteiger partial charge in [-0.05, 0) is 51.8 Å². The number of carbonyl (C=O) groups is 1. The van der Waals surface area contributed by atoms with Crippen molar-refractivity contribution in [1.29, 1.82) is 0 Å². The van der Waals surface area contributed by atoms with Gasteiger partial charge in [0.1, 0.15) is 11.4 Å². The first-order valence-corrected chi connectivity index (χ1v) is 9.17. The standard InChI is InChI=1S/C20H26N6O2/c1-12-16(14-5-6-15(21)23-11-14)17(25-18(22)24-12)13-7-9-26(10-8-13)19(27)28-20(2,3)4/h5-7,11H,8-10H2,1-4H3,(H2,21,23)(H2,22,24,25). The van der Waals surface area contributed by atoms with Crippen LogP contribution in [0.3, 0.4) is 0 Å². The van der Waals surface area contributed by atoms with Crippen molar-refractivity contribution < 1.29 is 9.53 Å². The summed E-state index contributed by atoms with van der Waals surface area (Å²) in [6.07, 6.45) is 4.02. The third-order valence-corrected chi connectivity index (χ3v) is 4.35. The normalized spacial score (nSPS) is 14.6. The van der Waals surface area contributed by atoms with Crippen LogP contribution in [0, 0.1) is 6.92 Å². The fourth-order valence-corrected chi connectivity index (χ4v) is 3.10. The van der Waals surface area contributed by atoms with Crippen molar-refractivity contribution in [2.24, 2.45) is 0 Å². The van der Waals surface area contributed by atoms with Gasteiger partial charge in [-0.1, -0.05) is 6.08 Å². The van der Waals surface area contributed by atoms with Crippen LogP contribution in [-0.2, 0) is 4.74 Å². The molecule has 3 heterocycles. The summed E-state index contributed by atoms with van der Waals surface area (Å²) in [6, 6.07) is 3.64. The highest BCUT2D eigenvalue weighted by Gasteiger charge is 2.25. The summed E-state index contributed by atoms with van der Waals surface area (Å²) in [5.41, 5.74) is 15.4. The summed E-state index contributed by atoms with van der Waals surface area (Å²) in [7, 11) is 0. The number of hydrogen-bond donors (Lipinski definition) is 2. The lowest BCUT2D eigenvalue weighted by Gasteiger charge is -2.30. The third-order valence-electron chi connectivity index (χ3n) is 4.35. The molecule has 0 unspecified atom stereocenters. The lowest BCUT2D eigenvalue weighted by Crippen LogP contribution is -2.39. The van der Waals surface area contributed by atoms with Crippen molar-refractivity contribution in [2.75, 3.05) is 24.6 Å². The van der Waals surface area contributed by atoms with Crippen molar-refractivity contribution in [3.8, 4) is 11.1 Å². The molecule has 0 saturated heterocycles. The van der Waals surface area contributed by atoms with E-state index in [4.69, 9.17) is 16.2 Å². The van der Waals surface area contributed by atoms with E-state index in [2.05, 4.69) is 15.0 Å². The molecule has 0 atom stereocenters. The molecule has 0 aromatic carbocycles. The fraction of sp³-hybridized carbons (Fsp3) is 0.400. The average Bonchev–Trinajstić information content (AvgIpc) is 2.61. The Kier molecular flexibility index (Phi) is 5.22. The smallest absolute Gasteiger partial charge is 0.410 e. The summed E-state index contributed by atoms with van der Waals surface area (Å²) < 4.78 is 5.45. The van der Waals surface area contributed by atoms with Gasteiger partial charge in [0.2, 0.25) is 5.95 Å². The predicted molar refractivity (Wildman–Crippen MR) is 109 cm³/mol. The van der Waals surface area contributed by atoms with Crippen LogP contribution in [-0.4, -0.2) is 44.6 Å². The number of nitrogens with two attached hydrogens (primary N) is 2. The van der Waals surface area contributed by atoms with E-state index >= 15 is 0 Å². The number of aryl methyl sites for hydroxylation is 1. The highest BCUT2D eigenvalue weighted by atomic mass is 16.6. The Bertz CT molecular complexity index is 916. The Balaban J connectivity index is 1.92. The molecule has 0 spiro atoms. The van der Waals surface area contributed by atoms with E-state index in [9.17, 15) is 4.79 Å². The highest BCUT2D eigenvalue weighted by molar-refractivity contribution is 5.82. The monoisotopic (exact) mass is 382 g/mol. The molecule has 0 bridgehead atoms. The van der Waals surface area contributed by atoms with E-state index in [0.29, 0.717) is 25.3 Å². The van der Waals surface area contributed by atoms with Gasteiger partial charge in [0.25, 0.3) is 0 Å². The summed E-state index contributed by atoms with van der Waals surface area (Å²) in [5.74, 6) is 0.666. The van der Waals surface area contributed by atoms with Gasteiger partial charge in [0.05, 0.1) is 11.4 Å². The minimum Gasteiger partial charge on any atom is -0.444 e. The van der Waals surface area contributed by atoms with Crippen LogP contribution >= 0.6 is 0 Å². The molecule has 0 aliphatic carbocycles. The quantitative estimate of drug-likeness (QED) is 0.819. The topological polar surface area (TPSA) is 120 Å². The molecule has 1 amide bonds. The van der Waals surface area contributed by atoms with Crippen molar-refractivity contribution >= 4 is 23.4 Å². The molecule has 2 aromatic heterocycles. The lowest BCUT2D eigenvalue weighted by molar-refractivity contribution is 0.0270. The molecule has 0 saturated carbocycles. The minimum absolute atomic E-state index is 0.218. The van der Waals surface area contributed by atoms with E-state index in [-0.39, 0.29) is 12.0 Å². The lowest BCUT2D eigenvalue weighted by atomic mass is 9.95. The van der Waals surface area contributed by atoms with Gasteiger partial charge in [-0.2, -0.15) is 0 Å². The number of carbonyl (C=O) groups excluding carboxylic acids is 1. The number of rotatable bonds is 2. The zero-order chi connectivity index (χ0) is 20.5. The van der Waals surface area contributed by atoms with Gasteiger partial charge in [-0.15, -0.1) is 0 Å². The Morgan fingerprint density at radius 1 is 1.21 bits per heavy atom. The van der Waals surface area contributed by atoms with Gasteiger partial charge in [-0.25, -0.2) is 19.7 Å². The first kappa shape index (κ1) is 19.6. The van der Waals surface area contributed by atoms with Crippen molar-refractivity contribution in [2.45, 2.75) is 39.7 Å². The van der Waals surface area contributed by atoms with E-state index in [1.165, 1.54) is 0 Å². The first-order chi connectivity index (χ1) is 13.1. The number of anilines is 2. The predicted octanol–water partition coefficient (Wildman–Crippen LogP) is 3.04. The van der Waals surface area contributed by atoms with Crippen LogP contribution in [0.25, 0.3) is 16.7 Å². The van der Waals surface area contributed by atoms with Crippen molar-refractivity contribution in [1.82, 2.24) is 19.9 Å². The van der Waals surface area contributed by atoms with E-state index in [1.807, 2.05) is 39.8 Å². The van der Waals surface area contributed by atoms with Crippen molar-refractivity contribution in [3.05, 3.63) is 35.8 Å². The summed E-state index contributed by atoms with van der Waals surface area (Å²) in [4.78, 5) is 26.9. The maximum atomic E-state index is 12.3. The molecule has 0 radical (unpaired) electrons. The van der Waals surface area contributed by atoms with Crippen LogP contribution in [0.1, 0.15) is 38.6 Å². The van der Waals surface area contributed by atoms with Crippen molar-refractivity contribution in [3.63, 3.8) is 0 Å². The molecule has 0 fully saturated rings. The van der Waals surface area contributed by atoms with Gasteiger partial charge >= 0.3 is 6.09 Å². The number of aromatic nitrogens is 3. The molecular weight excluding hydrogens is 356 g/mol. The van der Waals surface area contributed by atoms with Gasteiger partial charge in [-0.3, -0.25) is 0 Å². The fourth-order valence-electron chi connectivity index (χ4n) is 3.10. The molecule has 28 heavy (non-hydrogen) atoms. The first-order valence-electron chi connectivity index (χ1n) is 9.17. The average molecular weight is 382 g/mol. The van der Waals surface area contributed by atoms with Gasteiger partial charge < -0.3 is 21.1 Å². The van der Waals surface area contributed by atoms with E-state index in [0.717, 1.165) is 28.1 Å². The number of amides is 1. The largest absolute Gasteiger partial charge is 0.444 e. The highest BCUT2D eigenvalue weighted by Crippen LogP contribution is 2.33. The van der Waals surface area contributed by atoms with E-state index < -0.39 is 5.60 Å². The number of nitrogen functional groups attached to an aromatic ring is 2. The molecule has 4 N–H and O–H groups in total. The van der Waals surface area contributed by atoms with Crippen LogP contribution in [0.5, 0.6) is 0 Å². The maximum absolute atomic E-state index is 12.3. The Labute approximate surface area is 164 Å².